The Morgan fingerprint density at radius 1 is 0.773 bits per heavy atom. The smallest absolute Gasteiger partial charge is 0.187 e. The van der Waals surface area contributed by atoms with Gasteiger partial charge in [0.1, 0.15) is 48.8 Å². The van der Waals surface area contributed by atoms with Crippen molar-refractivity contribution in [3.8, 4) is 0 Å². The number of benzene rings is 1. The fourth-order valence-corrected chi connectivity index (χ4v) is 5.62. The summed E-state index contributed by atoms with van der Waals surface area (Å²) in [5.74, 6) is 0. The van der Waals surface area contributed by atoms with Gasteiger partial charge in [0, 0.05) is 17.1 Å². The number of thiol groups is 1. The number of aromatic nitrogens is 3. The van der Waals surface area contributed by atoms with Gasteiger partial charge in [-0.05, 0) is 43.5 Å². The minimum Gasteiger partial charge on any atom is -0.394 e. The predicted octanol–water partition coefficient (Wildman–Crippen LogP) is -0.251. The Morgan fingerprint density at radius 2 is 1.43 bits per heavy atom. The molecule has 2 saturated heterocycles. The van der Waals surface area contributed by atoms with Crippen LogP contribution in [0.3, 0.4) is 0 Å². The van der Waals surface area contributed by atoms with E-state index in [0.29, 0.717) is 12.1 Å². The van der Waals surface area contributed by atoms with Crippen LogP contribution in [0.25, 0.3) is 0 Å². The highest BCUT2D eigenvalue weighted by Crippen LogP contribution is 2.32. The van der Waals surface area contributed by atoms with Gasteiger partial charge in [-0.1, -0.05) is 37.3 Å². The third-order valence-corrected chi connectivity index (χ3v) is 8.40. The molecule has 10 atom stereocenters. The predicted molar refractivity (Wildman–Crippen MR) is 160 cm³/mol. The molecule has 0 bridgehead atoms. The molecular formula is C29H46N4O10S. The fraction of sp³-hybridized carbons (Fsp3) is 0.724. The average molecular weight is 643 g/mol. The van der Waals surface area contributed by atoms with Crippen molar-refractivity contribution in [1.29, 1.82) is 0 Å². The lowest BCUT2D eigenvalue weighted by Gasteiger charge is -2.45. The van der Waals surface area contributed by atoms with E-state index < -0.39 is 74.6 Å². The van der Waals surface area contributed by atoms with Crippen molar-refractivity contribution in [2.45, 2.75) is 118 Å². The van der Waals surface area contributed by atoms with Crippen LogP contribution in [-0.2, 0) is 20.6 Å². The molecule has 44 heavy (non-hydrogen) atoms. The first-order chi connectivity index (χ1) is 21.2. The zero-order valence-corrected chi connectivity index (χ0v) is 25.5. The molecule has 2 aliphatic rings. The van der Waals surface area contributed by atoms with Gasteiger partial charge in [0.25, 0.3) is 0 Å². The van der Waals surface area contributed by atoms with E-state index in [1.807, 2.05) is 24.3 Å². The first kappa shape index (κ1) is 35.0. The number of rotatable bonds is 16. The summed E-state index contributed by atoms with van der Waals surface area (Å²) in [6, 6.07) is 8.00. The van der Waals surface area contributed by atoms with Crippen LogP contribution in [0.2, 0.25) is 0 Å². The molecule has 14 nitrogen and oxygen atoms in total. The van der Waals surface area contributed by atoms with Crippen molar-refractivity contribution in [3.05, 3.63) is 36.2 Å². The standard InChI is InChI=1S/C29H46N4O10S/c34-15-20-22(36)23(37)26(40)29(42-20)43-27-21(16-35)41-28(25(39)24(27)38)33-14-18(31-32-33)8-6-4-2-1-3-5-7-13-30-17-9-11-19(44)12-10-17/h9-12,14,20-30,34-40,44H,1-8,13,15-16H2/t20-,21-,22-,23+,24-,25-,26-,27-,28-,29-/m1/s1. The summed E-state index contributed by atoms with van der Waals surface area (Å²) < 4.78 is 18.0. The van der Waals surface area contributed by atoms with Gasteiger partial charge in [-0.2, -0.15) is 0 Å². The molecule has 3 heterocycles. The summed E-state index contributed by atoms with van der Waals surface area (Å²) in [4.78, 5) is 0.951. The minimum atomic E-state index is -1.73. The monoisotopic (exact) mass is 642 g/mol. The van der Waals surface area contributed by atoms with Crippen LogP contribution in [0.1, 0.15) is 56.9 Å². The van der Waals surface area contributed by atoms with Gasteiger partial charge >= 0.3 is 0 Å². The lowest BCUT2D eigenvalue weighted by Crippen LogP contribution is -2.63. The van der Waals surface area contributed by atoms with Crippen LogP contribution in [0.15, 0.2) is 35.4 Å². The van der Waals surface area contributed by atoms with Crippen molar-refractivity contribution in [1.82, 2.24) is 15.0 Å². The number of nitrogens with one attached hydrogen (secondary N) is 1. The fourth-order valence-electron chi connectivity index (χ4n) is 5.47. The van der Waals surface area contributed by atoms with Crippen LogP contribution >= 0.6 is 12.6 Å². The van der Waals surface area contributed by atoms with Crippen molar-refractivity contribution in [2.75, 3.05) is 25.1 Å². The Bertz CT molecular complexity index is 1110. The number of ether oxygens (including phenoxy) is 3. The Balaban J connectivity index is 1.16. The van der Waals surface area contributed by atoms with E-state index in [1.54, 1.807) is 6.20 Å². The van der Waals surface area contributed by atoms with E-state index >= 15 is 0 Å². The second-order valence-electron chi connectivity index (χ2n) is 11.4. The molecule has 8 N–H and O–H groups in total. The normalized spacial score (nSPS) is 32.5. The van der Waals surface area contributed by atoms with Gasteiger partial charge in [0.2, 0.25) is 0 Å². The number of aryl methyl sites for hydroxylation is 1. The largest absolute Gasteiger partial charge is 0.394 e. The summed E-state index contributed by atoms with van der Waals surface area (Å²) in [6.07, 6.45) is -4.66. The third-order valence-electron chi connectivity index (χ3n) is 8.10. The highest BCUT2D eigenvalue weighted by atomic mass is 32.1. The topological polar surface area (TPSA) is 212 Å². The SMILES string of the molecule is OC[C@H]1O[C@H](O[C@H]2[C@H](O)[C@@H](O)[C@H](n3cc(CCCCCCCCCNc4ccc(S)cc4)nn3)O[C@@H]2CO)[C@H](O)[C@@H](O)[C@@H]1O. The van der Waals surface area contributed by atoms with E-state index in [4.69, 9.17) is 14.2 Å². The molecule has 0 spiro atoms. The van der Waals surface area contributed by atoms with Crippen molar-refractivity contribution in [2.24, 2.45) is 0 Å². The van der Waals surface area contributed by atoms with Gasteiger partial charge in [0.05, 0.1) is 25.1 Å². The number of hydrogen-bond acceptors (Lipinski definition) is 14. The van der Waals surface area contributed by atoms with Crippen LogP contribution in [0.4, 0.5) is 5.69 Å². The molecule has 0 amide bonds. The highest BCUT2D eigenvalue weighted by molar-refractivity contribution is 7.80. The molecular weight excluding hydrogens is 596 g/mol. The Morgan fingerprint density at radius 3 is 2.11 bits per heavy atom. The van der Waals surface area contributed by atoms with E-state index in [9.17, 15) is 35.7 Å². The maximum absolute atomic E-state index is 10.9. The van der Waals surface area contributed by atoms with Crippen LogP contribution in [-0.4, -0.2) is 126 Å². The molecule has 2 fully saturated rings. The molecule has 15 heteroatoms. The summed E-state index contributed by atoms with van der Waals surface area (Å²) in [6.45, 7) is -0.337. The highest BCUT2D eigenvalue weighted by Gasteiger charge is 2.51. The third kappa shape index (κ3) is 9.10. The second-order valence-corrected chi connectivity index (χ2v) is 11.9. The van der Waals surface area contributed by atoms with Gasteiger partial charge in [0.15, 0.2) is 12.5 Å². The van der Waals surface area contributed by atoms with Gasteiger partial charge in [-0.15, -0.1) is 17.7 Å². The van der Waals surface area contributed by atoms with Crippen molar-refractivity contribution < 1.29 is 50.0 Å². The summed E-state index contributed by atoms with van der Waals surface area (Å²) in [5.41, 5.74) is 1.81. The Hall–Kier alpha value is -1.89. The van der Waals surface area contributed by atoms with Crippen molar-refractivity contribution >= 4 is 18.3 Å². The molecule has 0 aliphatic carbocycles. The van der Waals surface area contributed by atoms with E-state index in [-0.39, 0.29) is 0 Å². The number of aliphatic hydroxyl groups is 7. The summed E-state index contributed by atoms with van der Waals surface area (Å²) in [7, 11) is 0. The molecule has 2 aliphatic heterocycles. The van der Waals surface area contributed by atoms with Crippen LogP contribution < -0.4 is 5.32 Å². The number of anilines is 1. The van der Waals surface area contributed by atoms with Crippen LogP contribution in [0, 0.1) is 0 Å². The number of hydrogen-bond donors (Lipinski definition) is 9. The Labute approximate surface area is 262 Å². The van der Waals surface area contributed by atoms with Crippen LogP contribution in [0.5, 0.6) is 0 Å². The molecule has 1 aromatic carbocycles. The lowest BCUT2D eigenvalue weighted by atomic mass is 9.96. The molecule has 4 rings (SSSR count). The van der Waals surface area contributed by atoms with Crippen molar-refractivity contribution in [3.63, 3.8) is 0 Å². The summed E-state index contributed by atoms with van der Waals surface area (Å²) >= 11 is 4.30. The molecule has 2 aromatic rings. The second kappa shape index (κ2) is 17.1. The first-order valence-electron chi connectivity index (χ1n) is 15.3. The van der Waals surface area contributed by atoms with Gasteiger partial charge < -0.3 is 55.3 Å². The molecule has 0 saturated carbocycles. The average Bonchev–Trinajstić information content (AvgIpc) is 3.50. The van der Waals surface area contributed by atoms with Gasteiger partial charge in [-0.25, -0.2) is 4.68 Å². The molecule has 0 radical (unpaired) electrons. The maximum atomic E-state index is 10.9. The van der Waals surface area contributed by atoms with E-state index in [1.165, 1.54) is 17.5 Å². The minimum absolute atomic E-state index is 0.620. The number of aliphatic hydroxyl groups excluding tert-OH is 7. The summed E-state index contributed by atoms with van der Waals surface area (Å²) in [5, 5.41) is 83.0. The molecule has 1 aromatic heterocycles. The zero-order chi connectivity index (χ0) is 31.6. The van der Waals surface area contributed by atoms with Gasteiger partial charge in [-0.3, -0.25) is 0 Å². The molecule has 0 unspecified atom stereocenters. The lowest BCUT2D eigenvalue weighted by molar-refractivity contribution is -0.347. The molecule has 248 valence electrons. The quantitative estimate of drug-likeness (QED) is 0.0855. The number of unbranched alkanes of at least 4 members (excludes halogenated alkanes) is 6. The first-order valence-corrected chi connectivity index (χ1v) is 15.7. The number of nitrogens with zero attached hydrogens (tertiary/aromatic N) is 3. The maximum Gasteiger partial charge on any atom is 0.187 e. The Kier molecular flexibility index (Phi) is 13.6. The van der Waals surface area contributed by atoms with E-state index in [2.05, 4.69) is 28.3 Å². The van der Waals surface area contributed by atoms with E-state index in [0.717, 1.165) is 49.2 Å². The zero-order valence-electron chi connectivity index (χ0n) is 24.6.